The average Bonchev–Trinajstić information content (AvgIpc) is 2.68. The van der Waals surface area contributed by atoms with E-state index in [4.69, 9.17) is 15.3 Å². The van der Waals surface area contributed by atoms with Crippen molar-refractivity contribution in [3.63, 3.8) is 0 Å². The number of benzene rings is 1. The molecule has 1 aromatic carbocycles. The van der Waals surface area contributed by atoms with Crippen LogP contribution in [0, 0.1) is 28.1 Å². The lowest BCUT2D eigenvalue weighted by atomic mass is 9.88. The van der Waals surface area contributed by atoms with Crippen LogP contribution in [0.15, 0.2) is 18.2 Å². The fourth-order valence-electron chi connectivity index (χ4n) is 2.39. The minimum atomic E-state index is -0.716. The number of hydrogen-bond acceptors (Lipinski definition) is 4. The second-order valence-corrected chi connectivity index (χ2v) is 5.70. The van der Waals surface area contributed by atoms with Crippen LogP contribution in [0.2, 0.25) is 0 Å². The van der Waals surface area contributed by atoms with E-state index >= 15 is 0 Å². The third-order valence-electron chi connectivity index (χ3n) is 3.57. The molecule has 5 heteroatoms. The van der Waals surface area contributed by atoms with Crippen LogP contribution in [0.5, 0.6) is 5.75 Å². The lowest BCUT2D eigenvalue weighted by Crippen LogP contribution is -2.41. The zero-order valence-corrected chi connectivity index (χ0v) is 12.2. The largest absolute Gasteiger partial charge is 0.490 e. The first-order valence-electron chi connectivity index (χ1n) is 6.80. The van der Waals surface area contributed by atoms with E-state index in [1.54, 1.807) is 30.9 Å². The predicted octanol–water partition coefficient (Wildman–Crippen LogP) is 2.22. The van der Waals surface area contributed by atoms with Crippen molar-refractivity contribution in [2.45, 2.75) is 26.8 Å². The van der Waals surface area contributed by atoms with Gasteiger partial charge in [-0.1, -0.05) is 26.0 Å². The Bertz CT molecular complexity index is 638. The van der Waals surface area contributed by atoms with Gasteiger partial charge in [-0.3, -0.25) is 4.79 Å². The molecule has 0 atom stereocenters. The Morgan fingerprint density at radius 2 is 2.19 bits per heavy atom. The first-order valence-corrected chi connectivity index (χ1v) is 6.80. The summed E-state index contributed by atoms with van der Waals surface area (Å²) in [6, 6.07) is 9.52. The van der Waals surface area contributed by atoms with Gasteiger partial charge in [-0.15, -0.1) is 0 Å². The quantitative estimate of drug-likeness (QED) is 0.833. The number of amides is 1. The molecule has 0 unspecified atom stereocenters. The van der Waals surface area contributed by atoms with Gasteiger partial charge in [0.1, 0.15) is 18.4 Å². The van der Waals surface area contributed by atoms with Gasteiger partial charge in [0.05, 0.1) is 23.6 Å². The maximum Gasteiger partial charge on any atom is 0.229 e. The number of rotatable bonds is 2. The van der Waals surface area contributed by atoms with Gasteiger partial charge in [0.15, 0.2) is 0 Å². The summed E-state index contributed by atoms with van der Waals surface area (Å²) in [7, 11) is 0. The Balaban J connectivity index is 2.28. The predicted molar refractivity (Wildman–Crippen MR) is 76.1 cm³/mol. The molecule has 0 N–H and O–H groups in total. The summed E-state index contributed by atoms with van der Waals surface area (Å²) in [6.07, 6.45) is 0.175. The molecule has 1 heterocycles. The maximum atomic E-state index is 12.6. The highest BCUT2D eigenvalue weighted by atomic mass is 16.5. The molecular weight excluding hydrogens is 266 g/mol. The Morgan fingerprint density at radius 3 is 2.86 bits per heavy atom. The first-order chi connectivity index (χ1) is 9.99. The normalized spacial score (nSPS) is 14.2. The summed E-state index contributed by atoms with van der Waals surface area (Å²) in [4.78, 5) is 14.3. The fourth-order valence-corrected chi connectivity index (χ4v) is 2.39. The summed E-state index contributed by atoms with van der Waals surface area (Å²) in [5.41, 5.74) is 0.595. The zero-order chi connectivity index (χ0) is 15.5. The van der Waals surface area contributed by atoms with E-state index in [2.05, 4.69) is 12.1 Å². The van der Waals surface area contributed by atoms with Gasteiger partial charge in [-0.25, -0.2) is 0 Å². The van der Waals surface area contributed by atoms with Crippen LogP contribution in [0.25, 0.3) is 0 Å². The van der Waals surface area contributed by atoms with Gasteiger partial charge in [-0.05, 0) is 6.07 Å². The molecule has 0 bridgehead atoms. The van der Waals surface area contributed by atoms with Crippen LogP contribution in [-0.4, -0.2) is 24.0 Å². The van der Waals surface area contributed by atoms with Crippen LogP contribution in [0.1, 0.15) is 31.4 Å². The van der Waals surface area contributed by atoms with Gasteiger partial charge < -0.3 is 9.64 Å². The molecule has 0 fully saturated rings. The van der Waals surface area contributed by atoms with Gasteiger partial charge in [0, 0.05) is 18.5 Å². The lowest BCUT2D eigenvalue weighted by Gasteiger charge is -2.29. The van der Waals surface area contributed by atoms with Crippen molar-refractivity contribution in [1.29, 1.82) is 10.5 Å². The van der Waals surface area contributed by atoms with E-state index in [9.17, 15) is 4.79 Å². The summed E-state index contributed by atoms with van der Waals surface area (Å²) in [6.45, 7) is 4.75. The van der Waals surface area contributed by atoms with Crippen molar-refractivity contribution in [3.05, 3.63) is 29.3 Å². The number of ether oxygens (including phenoxy) is 1. The minimum Gasteiger partial charge on any atom is -0.490 e. The Hall–Kier alpha value is -2.53. The third-order valence-corrected chi connectivity index (χ3v) is 3.57. The number of nitrogens with zero attached hydrogens (tertiary/aromatic N) is 3. The molecule has 0 saturated carbocycles. The number of fused-ring (bicyclic) bond motifs is 1. The van der Waals surface area contributed by atoms with E-state index in [-0.39, 0.29) is 12.3 Å². The van der Waals surface area contributed by atoms with Gasteiger partial charge >= 0.3 is 0 Å². The Kier molecular flexibility index (Phi) is 4.14. The van der Waals surface area contributed by atoms with Gasteiger partial charge in [0.25, 0.3) is 0 Å². The zero-order valence-electron chi connectivity index (χ0n) is 12.2. The topological polar surface area (TPSA) is 77.1 Å². The standard InChI is InChI=1S/C16H17N3O2/c1-16(2,6-7-17)15(20)19-8-9-21-14-12(10-18)4-3-5-13(14)11-19/h3-5H,6,8-9,11H2,1-2H3. The molecule has 108 valence electrons. The van der Waals surface area contributed by atoms with Crippen LogP contribution in [-0.2, 0) is 11.3 Å². The van der Waals surface area contributed by atoms with Crippen molar-refractivity contribution in [1.82, 2.24) is 4.90 Å². The molecule has 0 radical (unpaired) electrons. The second-order valence-electron chi connectivity index (χ2n) is 5.70. The van der Waals surface area contributed by atoms with E-state index in [0.717, 1.165) is 5.56 Å². The van der Waals surface area contributed by atoms with Crippen LogP contribution < -0.4 is 4.74 Å². The summed E-state index contributed by atoms with van der Waals surface area (Å²) < 4.78 is 5.64. The highest BCUT2D eigenvalue weighted by Gasteiger charge is 2.33. The summed E-state index contributed by atoms with van der Waals surface area (Å²) >= 11 is 0. The van der Waals surface area contributed by atoms with Crippen molar-refractivity contribution in [2.24, 2.45) is 5.41 Å². The monoisotopic (exact) mass is 283 g/mol. The minimum absolute atomic E-state index is 0.0668. The summed E-state index contributed by atoms with van der Waals surface area (Å²) in [5, 5.41) is 18.0. The molecule has 5 nitrogen and oxygen atoms in total. The molecule has 1 aliphatic heterocycles. The Labute approximate surface area is 124 Å². The highest BCUT2D eigenvalue weighted by Crippen LogP contribution is 2.30. The van der Waals surface area contributed by atoms with E-state index in [1.165, 1.54) is 0 Å². The molecule has 1 amide bonds. The number of carbonyl (C=O) groups is 1. The molecule has 2 rings (SSSR count). The number of hydrogen-bond donors (Lipinski definition) is 0. The smallest absolute Gasteiger partial charge is 0.229 e. The van der Waals surface area contributed by atoms with E-state index in [0.29, 0.717) is 31.0 Å². The Morgan fingerprint density at radius 1 is 1.43 bits per heavy atom. The van der Waals surface area contributed by atoms with Crippen LogP contribution >= 0.6 is 0 Å². The average molecular weight is 283 g/mol. The van der Waals surface area contributed by atoms with Crippen molar-refractivity contribution >= 4 is 5.91 Å². The third kappa shape index (κ3) is 2.98. The number of para-hydroxylation sites is 1. The maximum absolute atomic E-state index is 12.6. The highest BCUT2D eigenvalue weighted by molar-refractivity contribution is 5.82. The molecule has 21 heavy (non-hydrogen) atoms. The molecule has 0 aliphatic carbocycles. The van der Waals surface area contributed by atoms with Crippen molar-refractivity contribution < 1.29 is 9.53 Å². The number of nitriles is 2. The number of carbonyl (C=O) groups excluding carboxylic acids is 1. The molecule has 0 saturated heterocycles. The summed E-state index contributed by atoms with van der Waals surface area (Å²) in [5.74, 6) is 0.497. The van der Waals surface area contributed by atoms with Gasteiger partial charge in [0.2, 0.25) is 5.91 Å². The second kappa shape index (κ2) is 5.85. The molecular formula is C16H17N3O2. The molecule has 0 spiro atoms. The van der Waals surface area contributed by atoms with E-state index in [1.807, 2.05) is 6.07 Å². The van der Waals surface area contributed by atoms with Crippen molar-refractivity contribution in [2.75, 3.05) is 13.2 Å². The SMILES string of the molecule is CC(C)(CC#N)C(=O)N1CCOc2c(C#N)cccc2C1. The fraction of sp³-hybridized carbons (Fsp3) is 0.438. The lowest BCUT2D eigenvalue weighted by molar-refractivity contribution is -0.140. The van der Waals surface area contributed by atoms with Crippen LogP contribution in [0.4, 0.5) is 0 Å². The molecule has 1 aromatic rings. The van der Waals surface area contributed by atoms with Crippen molar-refractivity contribution in [3.8, 4) is 17.9 Å². The van der Waals surface area contributed by atoms with Crippen LogP contribution in [0.3, 0.4) is 0 Å². The molecule has 1 aliphatic rings. The van der Waals surface area contributed by atoms with Gasteiger partial charge in [-0.2, -0.15) is 10.5 Å². The first kappa shape index (κ1) is 14.9. The molecule has 0 aromatic heterocycles. The van der Waals surface area contributed by atoms with E-state index < -0.39 is 5.41 Å².